The van der Waals surface area contributed by atoms with E-state index >= 15 is 0 Å². The minimum absolute atomic E-state index is 0.729. The maximum atomic E-state index is 5.61. The highest BCUT2D eigenvalue weighted by Gasteiger charge is 1.95. The summed E-state index contributed by atoms with van der Waals surface area (Å²) in [5, 5.41) is 0. The van der Waals surface area contributed by atoms with Crippen LogP contribution in [0.5, 0.6) is 0 Å². The van der Waals surface area contributed by atoms with Gasteiger partial charge in [-0.3, -0.25) is 0 Å². The molecule has 0 heterocycles. The fourth-order valence-electron chi connectivity index (χ4n) is 1.83. The summed E-state index contributed by atoms with van der Waals surface area (Å²) < 4.78 is 11.2. The van der Waals surface area contributed by atoms with Crippen molar-refractivity contribution >= 4 is 72.3 Å². The van der Waals surface area contributed by atoms with Gasteiger partial charge in [0.05, 0.1) is 26.4 Å². The van der Waals surface area contributed by atoms with Gasteiger partial charge in [-0.25, -0.2) is 0 Å². The summed E-state index contributed by atoms with van der Waals surface area (Å²) in [6.45, 7) is 3.15. The van der Waals surface area contributed by atoms with E-state index in [9.17, 15) is 0 Å². The Morgan fingerprint density at radius 1 is 0.423 bits per heavy atom. The Morgan fingerprint density at radius 2 is 0.769 bits per heavy atom. The SMILES string of the molecule is SCCCSCCCSCCOCCOCCSCCCSCCCS. The van der Waals surface area contributed by atoms with Crippen LogP contribution in [0.25, 0.3) is 0 Å². The maximum absolute atomic E-state index is 5.61. The van der Waals surface area contributed by atoms with Crippen molar-refractivity contribution in [3.8, 4) is 0 Å². The second kappa shape index (κ2) is 27.0. The minimum Gasteiger partial charge on any atom is -0.378 e. The van der Waals surface area contributed by atoms with Crippen LogP contribution >= 0.6 is 72.3 Å². The third kappa shape index (κ3) is 26.0. The summed E-state index contributed by atoms with van der Waals surface area (Å²) >= 11 is 16.5. The van der Waals surface area contributed by atoms with Crippen molar-refractivity contribution < 1.29 is 9.47 Å². The number of rotatable bonds is 23. The van der Waals surface area contributed by atoms with Crippen molar-refractivity contribution in [3.63, 3.8) is 0 Å². The highest BCUT2D eigenvalue weighted by atomic mass is 32.2. The van der Waals surface area contributed by atoms with Crippen LogP contribution in [-0.4, -0.2) is 84.0 Å². The second-order valence-corrected chi connectivity index (χ2v) is 11.3. The van der Waals surface area contributed by atoms with Gasteiger partial charge in [-0.05, 0) is 71.7 Å². The predicted molar refractivity (Wildman–Crippen MR) is 137 cm³/mol. The number of hydrogen-bond acceptors (Lipinski definition) is 8. The molecule has 0 saturated carbocycles. The molecule has 0 spiro atoms. The second-order valence-electron chi connectivity index (χ2n) is 5.54. The lowest BCUT2D eigenvalue weighted by Crippen LogP contribution is -2.08. The molecule has 0 aliphatic rings. The van der Waals surface area contributed by atoms with Crippen LogP contribution in [0.1, 0.15) is 25.7 Å². The van der Waals surface area contributed by atoms with Gasteiger partial charge in [0, 0.05) is 11.5 Å². The Hall–Kier alpha value is 2.02. The molecule has 0 aromatic rings. The molecule has 0 radical (unpaired) electrons. The summed E-state index contributed by atoms with van der Waals surface area (Å²) in [6.07, 6.45) is 5.06. The number of ether oxygens (including phenoxy) is 2. The summed E-state index contributed by atoms with van der Waals surface area (Å²) in [5.74, 6) is 11.8. The summed E-state index contributed by atoms with van der Waals surface area (Å²) in [4.78, 5) is 0. The lowest BCUT2D eigenvalue weighted by Gasteiger charge is -2.06. The van der Waals surface area contributed by atoms with Crippen LogP contribution in [-0.2, 0) is 9.47 Å². The van der Waals surface area contributed by atoms with Gasteiger partial charge in [0.1, 0.15) is 0 Å². The van der Waals surface area contributed by atoms with Gasteiger partial charge >= 0.3 is 0 Å². The molecule has 0 bridgehead atoms. The monoisotopic (exact) mass is 478 g/mol. The van der Waals surface area contributed by atoms with Crippen LogP contribution in [0.15, 0.2) is 0 Å². The third-order valence-corrected chi connectivity index (χ3v) is 8.17. The van der Waals surface area contributed by atoms with E-state index in [1.165, 1.54) is 60.2 Å². The summed E-state index contributed by atoms with van der Waals surface area (Å²) in [6, 6.07) is 0. The van der Waals surface area contributed by atoms with Crippen LogP contribution in [0.3, 0.4) is 0 Å². The van der Waals surface area contributed by atoms with E-state index in [0.29, 0.717) is 0 Å². The average Bonchev–Trinajstić information content (AvgIpc) is 2.66. The molecule has 0 aliphatic heterocycles. The van der Waals surface area contributed by atoms with Crippen LogP contribution in [0.2, 0.25) is 0 Å². The van der Waals surface area contributed by atoms with Crippen LogP contribution in [0, 0.1) is 0 Å². The van der Waals surface area contributed by atoms with Gasteiger partial charge in [-0.2, -0.15) is 72.3 Å². The normalized spacial score (nSPS) is 11.3. The fourth-order valence-corrected chi connectivity index (χ4v) is 6.31. The maximum Gasteiger partial charge on any atom is 0.0700 e. The highest BCUT2D eigenvalue weighted by molar-refractivity contribution is 8.00. The van der Waals surface area contributed by atoms with E-state index in [4.69, 9.17) is 9.47 Å². The van der Waals surface area contributed by atoms with E-state index in [2.05, 4.69) is 48.8 Å². The van der Waals surface area contributed by atoms with Crippen molar-refractivity contribution in [2.24, 2.45) is 0 Å². The first-order valence-electron chi connectivity index (χ1n) is 9.60. The lowest BCUT2D eigenvalue weighted by molar-refractivity contribution is 0.0605. The van der Waals surface area contributed by atoms with E-state index in [1.54, 1.807) is 0 Å². The van der Waals surface area contributed by atoms with Gasteiger partial charge in [0.15, 0.2) is 0 Å². The van der Waals surface area contributed by atoms with Crippen molar-refractivity contribution in [3.05, 3.63) is 0 Å². The van der Waals surface area contributed by atoms with E-state index < -0.39 is 0 Å². The van der Waals surface area contributed by atoms with Gasteiger partial charge < -0.3 is 9.47 Å². The Morgan fingerprint density at radius 3 is 1.15 bits per heavy atom. The average molecular weight is 479 g/mol. The third-order valence-electron chi connectivity index (χ3n) is 3.16. The Balaban J connectivity index is 2.95. The molecule has 0 fully saturated rings. The highest BCUT2D eigenvalue weighted by Crippen LogP contribution is 2.10. The molecule has 0 unspecified atom stereocenters. The molecule has 0 aliphatic carbocycles. The number of hydrogen-bond donors (Lipinski definition) is 2. The van der Waals surface area contributed by atoms with Crippen molar-refractivity contribution in [1.82, 2.24) is 0 Å². The largest absolute Gasteiger partial charge is 0.378 e. The van der Waals surface area contributed by atoms with E-state index in [0.717, 1.165) is 49.4 Å². The Labute approximate surface area is 190 Å². The van der Waals surface area contributed by atoms with E-state index in [1.807, 2.05) is 23.5 Å². The molecule has 8 heteroatoms. The van der Waals surface area contributed by atoms with Gasteiger partial charge in [0.25, 0.3) is 0 Å². The topological polar surface area (TPSA) is 18.5 Å². The minimum atomic E-state index is 0.729. The quantitative estimate of drug-likeness (QED) is 0.151. The molecule has 0 aromatic heterocycles. The molecule has 0 N–H and O–H groups in total. The van der Waals surface area contributed by atoms with Crippen molar-refractivity contribution in [2.75, 3.05) is 84.0 Å². The zero-order valence-electron chi connectivity index (χ0n) is 16.1. The first kappa shape index (κ1) is 28.0. The number of thiol groups is 2. The number of thioether (sulfide) groups is 4. The first-order chi connectivity index (χ1) is 12.9. The zero-order valence-corrected chi connectivity index (χ0v) is 21.1. The van der Waals surface area contributed by atoms with Gasteiger partial charge in [0.2, 0.25) is 0 Å². The van der Waals surface area contributed by atoms with Crippen LogP contribution < -0.4 is 0 Å². The molecule has 158 valence electrons. The molecular weight excluding hydrogens is 441 g/mol. The van der Waals surface area contributed by atoms with Crippen LogP contribution in [0.4, 0.5) is 0 Å². The van der Waals surface area contributed by atoms with Gasteiger partial charge in [-0.1, -0.05) is 0 Å². The summed E-state index contributed by atoms with van der Waals surface area (Å²) in [5.41, 5.74) is 0. The van der Waals surface area contributed by atoms with Crippen molar-refractivity contribution in [2.45, 2.75) is 25.7 Å². The fraction of sp³-hybridized carbons (Fsp3) is 1.00. The first-order valence-corrected chi connectivity index (χ1v) is 15.5. The predicted octanol–water partition coefficient (Wildman–Crippen LogP) is 5.37. The molecule has 0 rings (SSSR count). The Bertz CT molecular complexity index is 226. The molecule has 0 saturated heterocycles. The smallest absolute Gasteiger partial charge is 0.0700 e. The molecule has 0 amide bonds. The Kier molecular flexibility index (Phi) is 29.1. The van der Waals surface area contributed by atoms with E-state index in [-0.39, 0.29) is 0 Å². The zero-order chi connectivity index (χ0) is 19.0. The van der Waals surface area contributed by atoms with Gasteiger partial charge in [-0.15, -0.1) is 0 Å². The van der Waals surface area contributed by atoms with Crippen molar-refractivity contribution in [1.29, 1.82) is 0 Å². The molecule has 2 nitrogen and oxygen atoms in total. The molecule has 0 aromatic carbocycles. The lowest BCUT2D eigenvalue weighted by atomic mass is 10.6. The molecule has 0 atom stereocenters. The summed E-state index contributed by atoms with van der Waals surface area (Å²) in [7, 11) is 0. The molecule has 26 heavy (non-hydrogen) atoms. The standard InChI is InChI=1S/C18H38O2S6/c21-9-1-11-23-13-3-15-25-17-7-19-5-6-20-8-18-26-16-4-14-24-12-2-10-22/h21-22H,1-18H2. The molecular formula is C18H38O2S6.